The lowest BCUT2D eigenvalue weighted by Crippen LogP contribution is -2.36. The van der Waals surface area contributed by atoms with E-state index in [9.17, 15) is 38.4 Å². The lowest BCUT2D eigenvalue weighted by molar-refractivity contribution is -0.146. The topological polar surface area (TPSA) is 150 Å². The van der Waals surface area contributed by atoms with Gasteiger partial charge in [-0.3, -0.25) is 58.0 Å². The third-order valence-electron chi connectivity index (χ3n) is 7.80. The van der Waals surface area contributed by atoms with Gasteiger partial charge >= 0.3 is 0 Å². The minimum Gasteiger partial charge on any atom is -0.286 e. The fourth-order valence-electron chi connectivity index (χ4n) is 5.01. The van der Waals surface area contributed by atoms with Crippen LogP contribution in [-0.2, 0) is 19.2 Å². The van der Waals surface area contributed by atoms with Crippen LogP contribution in [0.2, 0.25) is 0 Å². The molecule has 4 aliphatic heterocycles. The first-order valence-corrected chi connectivity index (χ1v) is 14.2. The molecule has 0 spiro atoms. The Labute approximate surface area is 259 Å². The second-order valence-corrected chi connectivity index (χ2v) is 10.6. The molecule has 3 aromatic carbocycles. The number of nitrogens with zero attached hydrogens (tertiary/aromatic N) is 4. The largest absolute Gasteiger partial charge is 0.286 e. The van der Waals surface area contributed by atoms with E-state index < -0.39 is 0 Å². The molecular formula is C33H32N4O8. The fraction of sp³-hybridized carbons (Fsp3) is 0.273. The molecule has 45 heavy (non-hydrogen) atoms. The van der Waals surface area contributed by atoms with E-state index in [1.165, 1.54) is 38.0 Å². The van der Waals surface area contributed by atoms with Gasteiger partial charge in [0.2, 0.25) is 23.6 Å². The van der Waals surface area contributed by atoms with Gasteiger partial charge in [-0.1, -0.05) is 36.4 Å². The average Bonchev–Trinajstić information content (AvgIpc) is 3.46. The van der Waals surface area contributed by atoms with Crippen LogP contribution in [0, 0.1) is 0 Å². The Balaban J connectivity index is 0.000000142. The molecule has 0 atom stereocenters. The SMILES string of the molecule is CN1C(=O)CCC1=O.CN1C(=O)CCCC1=O.CN1C(=O)c2cccc3cccc(c23)C1=O.CN1C(=O)c2ccccc2C1=O. The van der Waals surface area contributed by atoms with Crippen LogP contribution in [0.15, 0.2) is 60.7 Å². The van der Waals surface area contributed by atoms with Gasteiger partial charge in [0.15, 0.2) is 0 Å². The highest BCUT2D eigenvalue weighted by Crippen LogP contribution is 2.29. The molecule has 0 radical (unpaired) electrons. The summed E-state index contributed by atoms with van der Waals surface area (Å²) in [5.74, 6) is -1.10. The molecule has 0 unspecified atom stereocenters. The second kappa shape index (κ2) is 13.4. The molecular weight excluding hydrogens is 580 g/mol. The number of amides is 8. The number of hydrogen-bond acceptors (Lipinski definition) is 8. The summed E-state index contributed by atoms with van der Waals surface area (Å²) in [4.78, 5) is 93.5. The van der Waals surface area contributed by atoms with Crippen molar-refractivity contribution >= 4 is 58.0 Å². The highest BCUT2D eigenvalue weighted by Gasteiger charge is 2.32. The Morgan fingerprint density at radius 2 is 0.733 bits per heavy atom. The Morgan fingerprint density at radius 1 is 0.400 bits per heavy atom. The third-order valence-corrected chi connectivity index (χ3v) is 7.80. The summed E-state index contributed by atoms with van der Waals surface area (Å²) in [5, 5.41) is 1.71. The van der Waals surface area contributed by atoms with Crippen LogP contribution in [0.3, 0.4) is 0 Å². The lowest BCUT2D eigenvalue weighted by atomic mass is 9.94. The predicted octanol–water partition coefficient (Wildman–Crippen LogP) is 2.90. The minimum absolute atomic E-state index is 0.0498. The highest BCUT2D eigenvalue weighted by atomic mass is 16.2. The van der Waals surface area contributed by atoms with Gasteiger partial charge in [-0.05, 0) is 36.1 Å². The molecule has 0 saturated carbocycles. The number of piperidine rings is 1. The summed E-state index contributed by atoms with van der Waals surface area (Å²) < 4.78 is 0. The molecule has 2 saturated heterocycles. The Bertz CT molecular complexity index is 1650. The standard InChI is InChI=1S/C13H9NO2.C9H7NO2.C6H9NO2.C5H7NO2/c1-14-12(15)9-6-2-4-8-5-3-7-10(11(8)9)13(14)16;1-10-8(11)6-4-2-3-5-7(6)9(10)12;1-7-5(8)3-2-4-6(7)9;1-6-4(7)2-3-5(6)8/h2-7H,1H3;2-5H,1H3;2-4H2,1H3;2-3H2,1H3. The lowest BCUT2D eigenvalue weighted by Gasteiger charge is -2.23. The molecule has 0 bridgehead atoms. The summed E-state index contributed by atoms with van der Waals surface area (Å²) in [6.07, 6.45) is 2.58. The maximum Gasteiger partial charge on any atom is 0.261 e. The first-order chi connectivity index (χ1) is 21.3. The number of rotatable bonds is 0. The molecule has 4 aliphatic rings. The highest BCUT2D eigenvalue weighted by molar-refractivity contribution is 6.25. The van der Waals surface area contributed by atoms with Gasteiger partial charge in [-0.15, -0.1) is 0 Å². The van der Waals surface area contributed by atoms with Crippen LogP contribution >= 0.6 is 0 Å². The number of hydrogen-bond donors (Lipinski definition) is 0. The third kappa shape index (κ3) is 6.54. The van der Waals surface area contributed by atoms with Gasteiger partial charge in [0.25, 0.3) is 23.6 Å². The van der Waals surface area contributed by atoms with Crippen molar-refractivity contribution in [3.8, 4) is 0 Å². The molecule has 2 fully saturated rings. The van der Waals surface area contributed by atoms with Crippen molar-refractivity contribution in [2.75, 3.05) is 28.2 Å². The van der Waals surface area contributed by atoms with E-state index in [4.69, 9.17) is 0 Å². The molecule has 12 heteroatoms. The van der Waals surface area contributed by atoms with E-state index in [1.807, 2.05) is 24.3 Å². The minimum atomic E-state index is -0.228. The quantitative estimate of drug-likeness (QED) is 0.352. The summed E-state index contributed by atoms with van der Waals surface area (Å²) in [5.41, 5.74) is 2.22. The van der Waals surface area contributed by atoms with Gasteiger partial charge in [0.1, 0.15) is 0 Å². The monoisotopic (exact) mass is 612 g/mol. The van der Waals surface area contributed by atoms with Crippen LogP contribution < -0.4 is 0 Å². The van der Waals surface area contributed by atoms with Crippen molar-refractivity contribution in [1.29, 1.82) is 0 Å². The van der Waals surface area contributed by atoms with Crippen LogP contribution in [-0.4, -0.2) is 95.0 Å². The Kier molecular flexibility index (Phi) is 9.66. The number of imide groups is 4. The smallest absolute Gasteiger partial charge is 0.261 e. The summed E-state index contributed by atoms with van der Waals surface area (Å²) >= 11 is 0. The summed E-state index contributed by atoms with van der Waals surface area (Å²) in [6, 6.07) is 17.9. The zero-order chi connectivity index (χ0) is 33.0. The van der Waals surface area contributed by atoms with Crippen LogP contribution in [0.4, 0.5) is 0 Å². The van der Waals surface area contributed by atoms with E-state index >= 15 is 0 Å². The zero-order valence-electron chi connectivity index (χ0n) is 25.4. The number of likely N-dealkylation sites (tertiary alicyclic amines) is 2. The molecule has 7 rings (SSSR count). The Morgan fingerprint density at radius 3 is 1.09 bits per heavy atom. The maximum absolute atomic E-state index is 11.9. The van der Waals surface area contributed by atoms with Gasteiger partial charge in [-0.25, -0.2) is 0 Å². The van der Waals surface area contributed by atoms with Gasteiger partial charge in [-0.2, -0.15) is 0 Å². The fourth-order valence-corrected chi connectivity index (χ4v) is 5.01. The van der Waals surface area contributed by atoms with Gasteiger partial charge < -0.3 is 0 Å². The number of carbonyl (C=O) groups excluding carboxylic acids is 8. The number of fused-ring (bicyclic) bond motifs is 1. The molecule has 8 amide bonds. The van der Waals surface area contributed by atoms with Gasteiger partial charge in [0, 0.05) is 70.4 Å². The average molecular weight is 613 g/mol. The van der Waals surface area contributed by atoms with E-state index in [-0.39, 0.29) is 47.3 Å². The summed E-state index contributed by atoms with van der Waals surface area (Å²) in [6.45, 7) is 0. The van der Waals surface area contributed by atoms with E-state index in [2.05, 4.69) is 0 Å². The number of benzene rings is 3. The first-order valence-electron chi connectivity index (χ1n) is 14.2. The first kappa shape index (κ1) is 32.4. The van der Waals surface area contributed by atoms with Crippen molar-refractivity contribution < 1.29 is 38.4 Å². The van der Waals surface area contributed by atoms with Gasteiger partial charge in [0.05, 0.1) is 11.1 Å². The molecule has 0 N–H and O–H groups in total. The van der Waals surface area contributed by atoms with Crippen molar-refractivity contribution in [3.05, 3.63) is 82.9 Å². The van der Waals surface area contributed by atoms with Crippen molar-refractivity contribution in [2.45, 2.75) is 32.1 Å². The molecule has 3 aromatic rings. The molecule has 4 heterocycles. The summed E-state index contributed by atoms with van der Waals surface area (Å²) in [7, 11) is 6.05. The van der Waals surface area contributed by atoms with E-state index in [1.54, 1.807) is 36.4 Å². The second-order valence-electron chi connectivity index (χ2n) is 10.6. The van der Waals surface area contributed by atoms with Crippen molar-refractivity contribution in [2.24, 2.45) is 0 Å². The Hall–Kier alpha value is -5.52. The van der Waals surface area contributed by atoms with E-state index in [0.29, 0.717) is 47.9 Å². The normalized spacial score (nSPS) is 17.1. The van der Waals surface area contributed by atoms with Crippen LogP contribution in [0.25, 0.3) is 10.8 Å². The van der Waals surface area contributed by atoms with Crippen molar-refractivity contribution in [3.63, 3.8) is 0 Å². The maximum atomic E-state index is 11.9. The molecule has 0 aliphatic carbocycles. The van der Waals surface area contributed by atoms with Crippen molar-refractivity contribution in [1.82, 2.24) is 19.6 Å². The van der Waals surface area contributed by atoms with E-state index in [0.717, 1.165) is 27.0 Å². The molecule has 0 aromatic heterocycles. The number of carbonyl (C=O) groups is 8. The zero-order valence-corrected chi connectivity index (χ0v) is 25.4. The predicted molar refractivity (Wildman–Crippen MR) is 162 cm³/mol. The molecule has 12 nitrogen and oxygen atoms in total. The van der Waals surface area contributed by atoms with Crippen LogP contribution in [0.1, 0.15) is 73.5 Å². The molecule has 232 valence electrons. The van der Waals surface area contributed by atoms with Crippen LogP contribution in [0.5, 0.6) is 0 Å².